The van der Waals surface area contributed by atoms with Crippen molar-refractivity contribution < 1.29 is 16.8 Å². The van der Waals surface area contributed by atoms with E-state index in [4.69, 9.17) is 0 Å². The van der Waals surface area contributed by atoms with Crippen molar-refractivity contribution in [2.75, 3.05) is 47.3 Å². The Balaban J connectivity index is 2.27. The van der Waals surface area contributed by atoms with E-state index in [1.807, 2.05) is 7.05 Å². The fourth-order valence-corrected chi connectivity index (χ4v) is 4.50. The number of hydrogen-bond donors (Lipinski definition) is 0. The second-order valence-electron chi connectivity index (χ2n) is 5.47. The minimum absolute atomic E-state index is 0.0785. The molecule has 0 unspecified atom stereocenters. The molecule has 0 saturated carbocycles. The van der Waals surface area contributed by atoms with E-state index in [2.05, 4.69) is 4.90 Å². The highest BCUT2D eigenvalue weighted by Gasteiger charge is 2.28. The van der Waals surface area contributed by atoms with Crippen molar-refractivity contribution in [1.29, 1.82) is 0 Å². The van der Waals surface area contributed by atoms with Crippen LogP contribution in [0.5, 0.6) is 0 Å². The Hall–Kier alpha value is -1.00. The van der Waals surface area contributed by atoms with E-state index in [9.17, 15) is 16.8 Å². The predicted octanol–water partition coefficient (Wildman–Crippen LogP) is -0.127. The molecule has 9 heteroatoms. The minimum atomic E-state index is -3.57. The fourth-order valence-electron chi connectivity index (χ4n) is 2.17. The molecule has 0 spiro atoms. The van der Waals surface area contributed by atoms with Crippen molar-refractivity contribution in [3.8, 4) is 0 Å². The molecule has 1 aliphatic rings. The van der Waals surface area contributed by atoms with E-state index in [-0.39, 0.29) is 9.79 Å². The Kier molecular flexibility index (Phi) is 4.93. The van der Waals surface area contributed by atoms with E-state index >= 15 is 0 Å². The summed E-state index contributed by atoms with van der Waals surface area (Å²) in [6, 6.07) is 5.37. The van der Waals surface area contributed by atoms with Gasteiger partial charge in [0.1, 0.15) is 0 Å². The van der Waals surface area contributed by atoms with Crippen LogP contribution < -0.4 is 0 Å². The highest BCUT2D eigenvalue weighted by Crippen LogP contribution is 2.20. The quantitative estimate of drug-likeness (QED) is 0.758. The summed E-state index contributed by atoms with van der Waals surface area (Å²) in [4.78, 5) is 2.27. The number of piperazine rings is 1. The van der Waals surface area contributed by atoms with Gasteiger partial charge in [0.05, 0.1) is 9.79 Å². The molecule has 2 rings (SSSR count). The summed E-state index contributed by atoms with van der Waals surface area (Å²) in [6.07, 6.45) is 0. The maximum Gasteiger partial charge on any atom is 0.243 e. The highest BCUT2D eigenvalue weighted by molar-refractivity contribution is 7.89. The Morgan fingerprint density at radius 2 is 1.32 bits per heavy atom. The SMILES string of the molecule is CN1CCN(S(=O)(=O)c2ccc(S(=O)(=O)N(C)C)cc2)CC1. The van der Waals surface area contributed by atoms with Gasteiger partial charge in [0.25, 0.3) is 0 Å². The molecule has 1 heterocycles. The Bertz CT molecular complexity index is 719. The minimum Gasteiger partial charge on any atom is -0.304 e. The van der Waals surface area contributed by atoms with E-state index < -0.39 is 20.0 Å². The van der Waals surface area contributed by atoms with Crippen LogP contribution in [0.3, 0.4) is 0 Å². The van der Waals surface area contributed by atoms with E-state index in [1.165, 1.54) is 42.7 Å². The summed E-state index contributed by atoms with van der Waals surface area (Å²) in [5, 5.41) is 0. The molecule has 0 aliphatic carbocycles. The van der Waals surface area contributed by atoms with Crippen LogP contribution in [-0.4, -0.2) is 77.7 Å². The predicted molar refractivity (Wildman–Crippen MR) is 83.6 cm³/mol. The lowest BCUT2D eigenvalue weighted by Gasteiger charge is -2.31. The number of hydrogen-bond acceptors (Lipinski definition) is 5. The molecule has 124 valence electrons. The van der Waals surface area contributed by atoms with Gasteiger partial charge in [-0.05, 0) is 31.3 Å². The van der Waals surface area contributed by atoms with Crippen LogP contribution in [0.25, 0.3) is 0 Å². The van der Waals surface area contributed by atoms with Crippen LogP contribution in [-0.2, 0) is 20.0 Å². The summed E-state index contributed by atoms with van der Waals surface area (Å²) in [5.41, 5.74) is 0. The number of benzene rings is 1. The Morgan fingerprint density at radius 3 is 1.77 bits per heavy atom. The summed E-state index contributed by atoms with van der Waals surface area (Å²) < 4.78 is 51.6. The molecule has 0 aromatic heterocycles. The molecule has 0 N–H and O–H groups in total. The Labute approximate surface area is 132 Å². The average molecular weight is 347 g/mol. The van der Waals surface area contributed by atoms with E-state index in [1.54, 1.807) is 0 Å². The third-order valence-electron chi connectivity index (χ3n) is 3.70. The lowest BCUT2D eigenvalue weighted by Crippen LogP contribution is -2.47. The monoisotopic (exact) mass is 347 g/mol. The van der Waals surface area contributed by atoms with Gasteiger partial charge in [-0.25, -0.2) is 21.1 Å². The summed E-state index contributed by atoms with van der Waals surface area (Å²) in [5.74, 6) is 0. The van der Waals surface area contributed by atoms with Crippen molar-refractivity contribution in [2.24, 2.45) is 0 Å². The molecule has 1 aromatic carbocycles. The zero-order valence-electron chi connectivity index (χ0n) is 12.9. The normalized spacial score (nSPS) is 18.7. The molecule has 7 nitrogen and oxygen atoms in total. The first-order valence-electron chi connectivity index (χ1n) is 6.87. The van der Waals surface area contributed by atoms with Gasteiger partial charge in [-0.1, -0.05) is 0 Å². The van der Waals surface area contributed by atoms with E-state index in [0.29, 0.717) is 26.2 Å². The lowest BCUT2D eigenvalue weighted by atomic mass is 10.4. The van der Waals surface area contributed by atoms with Crippen LogP contribution in [0.15, 0.2) is 34.1 Å². The summed E-state index contributed by atoms with van der Waals surface area (Å²) in [7, 11) is -2.30. The third kappa shape index (κ3) is 3.33. The van der Waals surface area contributed by atoms with Gasteiger partial charge in [-0.15, -0.1) is 0 Å². The molecule has 0 radical (unpaired) electrons. The van der Waals surface area contributed by atoms with Gasteiger partial charge in [-0.2, -0.15) is 4.31 Å². The molecule has 1 fully saturated rings. The van der Waals surface area contributed by atoms with Crippen molar-refractivity contribution in [3.05, 3.63) is 24.3 Å². The fraction of sp³-hybridized carbons (Fsp3) is 0.538. The number of likely N-dealkylation sites (N-methyl/N-ethyl adjacent to an activating group) is 1. The molecular weight excluding hydrogens is 326 g/mol. The van der Waals surface area contributed by atoms with Gasteiger partial charge in [0, 0.05) is 40.3 Å². The number of rotatable bonds is 4. The first-order valence-corrected chi connectivity index (χ1v) is 9.75. The zero-order chi connectivity index (χ0) is 16.5. The molecule has 0 bridgehead atoms. The summed E-state index contributed by atoms with van der Waals surface area (Å²) >= 11 is 0. The van der Waals surface area contributed by atoms with E-state index in [0.717, 1.165) is 4.31 Å². The number of sulfonamides is 2. The molecule has 0 amide bonds. The molecule has 1 aliphatic heterocycles. The first kappa shape index (κ1) is 17.4. The van der Waals surface area contributed by atoms with Crippen molar-refractivity contribution in [3.63, 3.8) is 0 Å². The maximum absolute atomic E-state index is 12.5. The number of nitrogens with zero attached hydrogens (tertiary/aromatic N) is 3. The molecule has 22 heavy (non-hydrogen) atoms. The Morgan fingerprint density at radius 1 is 0.864 bits per heavy atom. The second-order valence-corrected chi connectivity index (χ2v) is 9.56. The van der Waals surface area contributed by atoms with Crippen LogP contribution >= 0.6 is 0 Å². The van der Waals surface area contributed by atoms with Crippen molar-refractivity contribution in [2.45, 2.75) is 9.79 Å². The van der Waals surface area contributed by atoms with Gasteiger partial charge in [-0.3, -0.25) is 0 Å². The zero-order valence-corrected chi connectivity index (χ0v) is 14.6. The van der Waals surface area contributed by atoms with Crippen LogP contribution in [0, 0.1) is 0 Å². The topological polar surface area (TPSA) is 78.0 Å². The van der Waals surface area contributed by atoms with Gasteiger partial charge >= 0.3 is 0 Å². The van der Waals surface area contributed by atoms with Crippen LogP contribution in [0.4, 0.5) is 0 Å². The molecule has 0 atom stereocenters. The lowest BCUT2D eigenvalue weighted by molar-refractivity contribution is 0.222. The first-order chi connectivity index (χ1) is 10.2. The van der Waals surface area contributed by atoms with Crippen molar-refractivity contribution >= 4 is 20.0 Å². The summed E-state index contributed by atoms with van der Waals surface area (Å²) in [6.45, 7) is 2.26. The van der Waals surface area contributed by atoms with Crippen molar-refractivity contribution in [1.82, 2.24) is 13.5 Å². The molecule has 1 aromatic rings. The van der Waals surface area contributed by atoms with Gasteiger partial charge in [0.15, 0.2) is 0 Å². The van der Waals surface area contributed by atoms with Crippen LogP contribution in [0.1, 0.15) is 0 Å². The third-order valence-corrected chi connectivity index (χ3v) is 7.44. The average Bonchev–Trinajstić information content (AvgIpc) is 2.47. The smallest absolute Gasteiger partial charge is 0.243 e. The second kappa shape index (κ2) is 6.25. The standard InChI is InChI=1S/C13H21N3O4S2/c1-14(2)21(17,18)12-4-6-13(7-5-12)22(19,20)16-10-8-15(3)9-11-16/h4-7H,8-11H2,1-3H3. The molecular formula is C13H21N3O4S2. The van der Waals surface area contributed by atoms with Crippen LogP contribution in [0.2, 0.25) is 0 Å². The van der Waals surface area contributed by atoms with Gasteiger partial charge in [0.2, 0.25) is 20.0 Å². The highest BCUT2D eigenvalue weighted by atomic mass is 32.2. The van der Waals surface area contributed by atoms with Gasteiger partial charge < -0.3 is 4.90 Å². The largest absolute Gasteiger partial charge is 0.304 e. The molecule has 1 saturated heterocycles. The maximum atomic E-state index is 12.5.